The van der Waals surface area contributed by atoms with Crippen LogP contribution in [0.15, 0.2) is 46.9 Å². The summed E-state index contributed by atoms with van der Waals surface area (Å²) in [5.41, 5.74) is 2.05. The third-order valence-corrected chi connectivity index (χ3v) is 7.92. The molecule has 1 aliphatic heterocycles. The number of carbonyl (C=O) groups is 2. The minimum absolute atomic E-state index is 0.0208. The van der Waals surface area contributed by atoms with Crippen LogP contribution in [0.1, 0.15) is 44.0 Å². The number of amides is 2. The van der Waals surface area contributed by atoms with Crippen LogP contribution in [-0.2, 0) is 19.4 Å². The Hall–Kier alpha value is -2.71. The number of thioether (sulfide) groups is 1. The Morgan fingerprint density at radius 3 is 2.52 bits per heavy atom. The maximum atomic E-state index is 13.3. The zero-order valence-electron chi connectivity index (χ0n) is 16.9. The molecule has 3 heterocycles. The highest BCUT2D eigenvalue weighted by atomic mass is 32.2. The van der Waals surface area contributed by atoms with Crippen molar-refractivity contribution in [2.24, 2.45) is 0 Å². The number of rotatable bonds is 6. The van der Waals surface area contributed by atoms with Crippen molar-refractivity contribution in [3.63, 3.8) is 0 Å². The van der Waals surface area contributed by atoms with E-state index < -0.39 is 0 Å². The highest BCUT2D eigenvalue weighted by molar-refractivity contribution is 7.99. The van der Waals surface area contributed by atoms with Crippen LogP contribution in [-0.4, -0.2) is 38.6 Å². The summed E-state index contributed by atoms with van der Waals surface area (Å²) in [6.07, 6.45) is 5.91. The molecule has 0 bridgehead atoms. The monoisotopic (exact) mass is 451 g/mol. The molecule has 3 aromatic rings. The van der Waals surface area contributed by atoms with Crippen LogP contribution < -0.4 is 5.56 Å². The largest absolute Gasteiger partial charge is 0.283 e. The van der Waals surface area contributed by atoms with E-state index in [0.29, 0.717) is 28.6 Å². The van der Waals surface area contributed by atoms with Crippen LogP contribution in [0.5, 0.6) is 0 Å². The lowest BCUT2D eigenvalue weighted by Gasteiger charge is -2.15. The molecule has 0 radical (unpaired) electrons. The number of fused-ring (bicyclic) bond motifs is 4. The maximum absolute atomic E-state index is 13.3. The first kappa shape index (κ1) is 20.2. The number of nitrogens with zero attached hydrogens (tertiary/aromatic N) is 3. The molecule has 1 aliphatic carbocycles. The van der Waals surface area contributed by atoms with Gasteiger partial charge >= 0.3 is 0 Å². The summed E-state index contributed by atoms with van der Waals surface area (Å²) in [4.78, 5) is 46.6. The highest BCUT2D eigenvalue weighted by Crippen LogP contribution is 2.34. The fourth-order valence-electron chi connectivity index (χ4n) is 4.29. The summed E-state index contributed by atoms with van der Waals surface area (Å²) in [5.74, 6) is -0.0656. The molecule has 0 saturated heterocycles. The van der Waals surface area contributed by atoms with Gasteiger partial charge in [0.15, 0.2) is 5.16 Å². The van der Waals surface area contributed by atoms with Crippen molar-refractivity contribution < 1.29 is 9.59 Å². The van der Waals surface area contributed by atoms with Crippen LogP contribution in [0.4, 0.5) is 0 Å². The molecule has 2 aliphatic rings. The highest BCUT2D eigenvalue weighted by Gasteiger charge is 2.34. The first-order valence-electron chi connectivity index (χ1n) is 10.3. The molecule has 2 aromatic heterocycles. The number of benzene rings is 1. The van der Waals surface area contributed by atoms with E-state index >= 15 is 0 Å². The molecule has 0 saturated carbocycles. The molecule has 0 spiro atoms. The number of carbonyl (C=O) groups excluding carboxylic acids is 2. The van der Waals surface area contributed by atoms with Gasteiger partial charge < -0.3 is 0 Å². The number of allylic oxidation sites excluding steroid dienone is 1. The molecule has 6 nitrogen and oxygen atoms in total. The fourth-order valence-corrected chi connectivity index (χ4v) is 6.53. The fraction of sp³-hybridized carbons (Fsp3) is 0.304. The van der Waals surface area contributed by atoms with E-state index in [9.17, 15) is 14.4 Å². The van der Waals surface area contributed by atoms with Crippen molar-refractivity contribution in [3.05, 3.63) is 68.8 Å². The summed E-state index contributed by atoms with van der Waals surface area (Å²) in [5, 5.41) is 1.36. The molecular formula is C23H21N3O3S2. The lowest BCUT2D eigenvalue weighted by Crippen LogP contribution is -2.32. The Morgan fingerprint density at radius 1 is 1.10 bits per heavy atom. The molecule has 5 rings (SSSR count). The Morgan fingerprint density at radius 2 is 1.81 bits per heavy atom. The van der Waals surface area contributed by atoms with Crippen molar-refractivity contribution in [1.82, 2.24) is 14.5 Å². The maximum Gasteiger partial charge on any atom is 0.263 e. The molecule has 8 heteroatoms. The predicted molar refractivity (Wildman–Crippen MR) is 123 cm³/mol. The Bertz CT molecular complexity index is 1260. The summed E-state index contributed by atoms with van der Waals surface area (Å²) < 4.78 is 1.66. The molecule has 158 valence electrons. The van der Waals surface area contributed by atoms with Crippen molar-refractivity contribution >= 4 is 45.1 Å². The SMILES string of the molecule is C=CCn1c(SCCN2C(=O)c3ccccc3C2=O)nc2sc3c(c2c1=O)CCCC3. The van der Waals surface area contributed by atoms with Gasteiger partial charge in [-0.3, -0.25) is 23.9 Å². The van der Waals surface area contributed by atoms with Crippen LogP contribution in [0.25, 0.3) is 10.2 Å². The average molecular weight is 452 g/mol. The van der Waals surface area contributed by atoms with Gasteiger partial charge in [-0.25, -0.2) is 4.98 Å². The van der Waals surface area contributed by atoms with Gasteiger partial charge in [0.2, 0.25) is 0 Å². The number of hydrogen-bond acceptors (Lipinski definition) is 6. The van der Waals surface area contributed by atoms with Gasteiger partial charge in [-0.1, -0.05) is 30.0 Å². The Kier molecular flexibility index (Phi) is 5.27. The van der Waals surface area contributed by atoms with Gasteiger partial charge in [0.25, 0.3) is 17.4 Å². The molecule has 2 amide bonds. The minimum Gasteiger partial charge on any atom is -0.283 e. The second-order valence-corrected chi connectivity index (χ2v) is 9.79. The second kappa shape index (κ2) is 8.09. The van der Waals surface area contributed by atoms with Crippen LogP contribution in [0, 0.1) is 0 Å². The van der Waals surface area contributed by atoms with E-state index in [0.717, 1.165) is 35.9 Å². The number of thiophene rings is 1. The quantitative estimate of drug-likeness (QED) is 0.246. The van der Waals surface area contributed by atoms with Crippen molar-refractivity contribution in [1.29, 1.82) is 0 Å². The first-order chi connectivity index (χ1) is 15.1. The van der Waals surface area contributed by atoms with E-state index in [-0.39, 0.29) is 23.9 Å². The topological polar surface area (TPSA) is 72.3 Å². The third kappa shape index (κ3) is 3.34. The van der Waals surface area contributed by atoms with Gasteiger partial charge in [-0.05, 0) is 43.4 Å². The lowest BCUT2D eigenvalue weighted by molar-refractivity contribution is 0.0664. The summed E-state index contributed by atoms with van der Waals surface area (Å²) in [7, 11) is 0. The van der Waals surface area contributed by atoms with Gasteiger partial charge in [0.1, 0.15) is 4.83 Å². The number of imide groups is 1. The van der Waals surface area contributed by atoms with Crippen molar-refractivity contribution in [2.75, 3.05) is 12.3 Å². The summed E-state index contributed by atoms with van der Waals surface area (Å²) >= 11 is 3.02. The van der Waals surface area contributed by atoms with Gasteiger partial charge in [-0.15, -0.1) is 17.9 Å². The standard InChI is InChI=1S/C23H21N3O3S2/c1-2-11-26-22(29)18-16-9-5-6-10-17(16)31-19(18)24-23(26)30-13-12-25-20(27)14-7-3-4-8-15(14)21(25)28/h2-4,7-8H,1,5-6,9-13H2. The zero-order valence-corrected chi connectivity index (χ0v) is 18.6. The number of hydrogen-bond donors (Lipinski definition) is 0. The first-order valence-corrected chi connectivity index (χ1v) is 12.1. The van der Waals surface area contributed by atoms with Gasteiger partial charge in [-0.2, -0.15) is 0 Å². The van der Waals surface area contributed by atoms with E-state index in [1.807, 2.05) is 0 Å². The van der Waals surface area contributed by atoms with Crippen LogP contribution >= 0.6 is 23.1 Å². The molecule has 1 aromatic carbocycles. The van der Waals surface area contributed by atoms with E-state index in [2.05, 4.69) is 6.58 Å². The second-order valence-electron chi connectivity index (χ2n) is 7.65. The smallest absolute Gasteiger partial charge is 0.263 e. The van der Waals surface area contributed by atoms with Crippen molar-refractivity contribution in [2.45, 2.75) is 37.4 Å². The minimum atomic E-state index is -0.265. The van der Waals surface area contributed by atoms with E-state index in [4.69, 9.17) is 4.98 Å². The molecule has 31 heavy (non-hydrogen) atoms. The van der Waals surface area contributed by atoms with Crippen LogP contribution in [0.3, 0.4) is 0 Å². The van der Waals surface area contributed by atoms with E-state index in [1.54, 1.807) is 46.2 Å². The zero-order chi connectivity index (χ0) is 21.5. The normalized spacial score (nSPS) is 15.4. The van der Waals surface area contributed by atoms with Crippen molar-refractivity contribution in [3.8, 4) is 0 Å². The lowest BCUT2D eigenvalue weighted by atomic mass is 9.97. The summed E-state index contributed by atoms with van der Waals surface area (Å²) in [6.45, 7) is 4.43. The third-order valence-electron chi connectivity index (χ3n) is 5.78. The molecule has 0 unspecified atom stereocenters. The predicted octanol–water partition coefficient (Wildman–Crippen LogP) is 3.91. The Balaban J connectivity index is 1.41. The Labute approximate surface area is 187 Å². The van der Waals surface area contributed by atoms with Gasteiger partial charge in [0, 0.05) is 23.7 Å². The molecule has 0 atom stereocenters. The molecular weight excluding hydrogens is 430 g/mol. The molecule has 0 N–H and O–H groups in total. The summed E-state index contributed by atoms with van der Waals surface area (Å²) in [6, 6.07) is 6.88. The number of aryl methyl sites for hydroxylation is 2. The van der Waals surface area contributed by atoms with Gasteiger partial charge in [0.05, 0.1) is 16.5 Å². The van der Waals surface area contributed by atoms with E-state index in [1.165, 1.54) is 27.1 Å². The number of aromatic nitrogens is 2. The average Bonchev–Trinajstić information content (AvgIpc) is 3.27. The van der Waals surface area contributed by atoms with Crippen LogP contribution in [0.2, 0.25) is 0 Å². The molecule has 0 fully saturated rings.